The molecule has 1 N–H and O–H groups in total. The number of hydrogen-bond donors (Lipinski definition) is 1. The highest BCUT2D eigenvalue weighted by molar-refractivity contribution is 7.85. The van der Waals surface area contributed by atoms with Crippen LogP contribution in [-0.4, -0.2) is 76.1 Å². The lowest BCUT2D eigenvalue weighted by molar-refractivity contribution is -0.139. The van der Waals surface area contributed by atoms with Crippen molar-refractivity contribution in [3.05, 3.63) is 0 Å². The van der Waals surface area contributed by atoms with Crippen molar-refractivity contribution in [1.82, 2.24) is 10.2 Å². The van der Waals surface area contributed by atoms with E-state index in [4.69, 9.17) is 8.92 Å². The van der Waals surface area contributed by atoms with Crippen LogP contribution in [0.1, 0.15) is 33.6 Å². The van der Waals surface area contributed by atoms with Gasteiger partial charge in [0.25, 0.3) is 10.1 Å². The quantitative estimate of drug-likeness (QED) is 0.502. The molecule has 1 atom stereocenters. The first-order valence-electron chi connectivity index (χ1n) is 8.01. The summed E-state index contributed by atoms with van der Waals surface area (Å²) in [6.45, 7) is 5.60. The van der Waals surface area contributed by atoms with Crippen LogP contribution in [0.25, 0.3) is 0 Å². The van der Waals surface area contributed by atoms with E-state index in [0.29, 0.717) is 19.4 Å². The normalized spacial score (nSPS) is 21.2. The van der Waals surface area contributed by atoms with Crippen molar-refractivity contribution in [2.75, 3.05) is 39.6 Å². The van der Waals surface area contributed by atoms with Crippen LogP contribution < -0.4 is 5.32 Å². The Kier molecular flexibility index (Phi) is 7.21. The van der Waals surface area contributed by atoms with Gasteiger partial charge in [-0.25, -0.2) is 4.79 Å². The highest BCUT2D eigenvalue weighted by Gasteiger charge is 2.46. The molecule has 1 aliphatic rings. The molecule has 1 amide bonds. The van der Waals surface area contributed by atoms with Crippen LogP contribution in [-0.2, 0) is 28.6 Å². The summed E-state index contributed by atoms with van der Waals surface area (Å²) in [5, 5.41) is 2.90. The maximum absolute atomic E-state index is 12.5. The molecule has 1 fully saturated rings. The molecule has 146 valence electrons. The summed E-state index contributed by atoms with van der Waals surface area (Å²) in [5.41, 5.74) is -1.60. The van der Waals surface area contributed by atoms with Gasteiger partial charge in [-0.3, -0.25) is 13.9 Å². The monoisotopic (exact) mass is 380 g/mol. The molecule has 1 unspecified atom stereocenters. The van der Waals surface area contributed by atoms with E-state index in [9.17, 15) is 18.0 Å². The van der Waals surface area contributed by atoms with Gasteiger partial charge in [-0.15, -0.1) is 0 Å². The number of carbonyl (C=O) groups is 2. The van der Waals surface area contributed by atoms with Crippen LogP contribution >= 0.6 is 0 Å². The maximum atomic E-state index is 12.5. The molecule has 1 saturated heterocycles. The maximum Gasteiger partial charge on any atom is 0.410 e. The lowest BCUT2D eigenvalue weighted by atomic mass is 9.97. The fourth-order valence-electron chi connectivity index (χ4n) is 2.61. The van der Waals surface area contributed by atoms with Crippen LogP contribution in [0.3, 0.4) is 0 Å². The minimum atomic E-state index is -3.68. The first-order chi connectivity index (χ1) is 11.4. The summed E-state index contributed by atoms with van der Waals surface area (Å²) in [6, 6.07) is 0. The number of nitrogens with one attached hydrogen (secondary N) is 1. The molecule has 0 spiro atoms. The predicted molar refractivity (Wildman–Crippen MR) is 90.6 cm³/mol. The van der Waals surface area contributed by atoms with Gasteiger partial charge in [0.2, 0.25) is 0 Å². The van der Waals surface area contributed by atoms with Gasteiger partial charge >= 0.3 is 12.1 Å². The molecule has 10 heteroatoms. The van der Waals surface area contributed by atoms with Gasteiger partial charge in [0.15, 0.2) is 0 Å². The molecule has 0 aromatic carbocycles. The highest BCUT2D eigenvalue weighted by atomic mass is 32.2. The lowest BCUT2D eigenvalue weighted by Gasteiger charge is -2.38. The van der Waals surface area contributed by atoms with Crippen molar-refractivity contribution in [3.8, 4) is 0 Å². The number of amides is 1. The number of carbonyl (C=O) groups excluding carboxylic acids is 2. The van der Waals surface area contributed by atoms with E-state index >= 15 is 0 Å². The molecule has 0 aromatic heterocycles. The molecular weight excluding hydrogens is 352 g/mol. The van der Waals surface area contributed by atoms with Crippen LogP contribution in [0.15, 0.2) is 0 Å². The second kappa shape index (κ2) is 8.33. The van der Waals surface area contributed by atoms with Gasteiger partial charge in [0, 0.05) is 13.1 Å². The summed E-state index contributed by atoms with van der Waals surface area (Å²) in [7, 11) is -2.41. The van der Waals surface area contributed by atoms with Gasteiger partial charge in [-0.2, -0.15) is 8.42 Å². The van der Waals surface area contributed by atoms with Gasteiger partial charge in [0.1, 0.15) is 5.60 Å². The number of esters is 1. The van der Waals surface area contributed by atoms with E-state index in [-0.39, 0.29) is 19.7 Å². The third-order valence-corrected chi connectivity index (χ3v) is 4.25. The topological polar surface area (TPSA) is 111 Å². The van der Waals surface area contributed by atoms with Crippen molar-refractivity contribution in [1.29, 1.82) is 0 Å². The summed E-state index contributed by atoms with van der Waals surface area (Å²) in [6.07, 6.45) is 1.61. The average Bonchev–Trinajstić information content (AvgIpc) is 2.87. The Labute approximate surface area is 149 Å². The van der Waals surface area contributed by atoms with E-state index in [1.54, 1.807) is 20.8 Å². The molecule has 0 saturated carbocycles. The van der Waals surface area contributed by atoms with E-state index < -0.39 is 33.3 Å². The molecule has 0 bridgehead atoms. The first kappa shape index (κ1) is 21.7. The summed E-state index contributed by atoms with van der Waals surface area (Å²) in [4.78, 5) is 25.3. The molecule has 1 heterocycles. The smallest absolute Gasteiger partial charge is 0.410 e. The fraction of sp³-hybridized carbons (Fsp3) is 0.867. The molecule has 0 radical (unpaired) electrons. The first-order valence-corrected chi connectivity index (χ1v) is 9.83. The SMILES string of the molecule is COC(=O)CNCC1(COS(C)(=O)=O)CCCN1C(=O)OC(C)(C)C. The number of ether oxygens (including phenoxy) is 2. The largest absolute Gasteiger partial charge is 0.468 e. The van der Waals surface area contributed by atoms with E-state index in [1.807, 2.05) is 0 Å². The standard InChI is InChI=1S/C15H28N2O7S/c1-14(2,3)24-13(19)17-8-6-7-15(17,11-23-25(5,20)21)10-16-9-12(18)22-4/h16H,6-11H2,1-5H3. The molecule has 1 rings (SSSR count). The Balaban J connectivity index is 2.93. The van der Waals surface area contributed by atoms with Crippen molar-refractivity contribution in [3.63, 3.8) is 0 Å². The van der Waals surface area contributed by atoms with E-state index in [1.165, 1.54) is 12.0 Å². The van der Waals surface area contributed by atoms with Crippen LogP contribution in [0.2, 0.25) is 0 Å². The van der Waals surface area contributed by atoms with Crippen LogP contribution in [0.5, 0.6) is 0 Å². The molecule has 1 aliphatic heterocycles. The van der Waals surface area contributed by atoms with Crippen LogP contribution in [0, 0.1) is 0 Å². The number of methoxy groups -OCH3 is 1. The molecule has 0 aliphatic carbocycles. The molecular formula is C15H28N2O7S. The zero-order valence-electron chi connectivity index (χ0n) is 15.5. The second-order valence-electron chi connectivity index (χ2n) is 7.11. The number of likely N-dealkylation sites (tertiary alicyclic amines) is 1. The predicted octanol–water partition coefficient (Wildman–Crippen LogP) is 0.495. The Hall–Kier alpha value is -1.39. The Morgan fingerprint density at radius 1 is 1.28 bits per heavy atom. The summed E-state index contributed by atoms with van der Waals surface area (Å²) in [5.74, 6) is -0.457. The average molecular weight is 380 g/mol. The minimum Gasteiger partial charge on any atom is -0.468 e. The van der Waals surface area contributed by atoms with E-state index in [0.717, 1.165) is 6.26 Å². The number of nitrogens with zero attached hydrogens (tertiary/aromatic N) is 1. The van der Waals surface area contributed by atoms with Crippen LogP contribution in [0.4, 0.5) is 4.79 Å². The minimum absolute atomic E-state index is 0.0563. The zero-order valence-corrected chi connectivity index (χ0v) is 16.3. The molecule has 9 nitrogen and oxygen atoms in total. The highest BCUT2D eigenvalue weighted by Crippen LogP contribution is 2.31. The third-order valence-electron chi connectivity index (χ3n) is 3.70. The zero-order chi connectivity index (χ0) is 19.3. The van der Waals surface area contributed by atoms with Gasteiger partial charge in [-0.05, 0) is 33.6 Å². The van der Waals surface area contributed by atoms with Crippen molar-refractivity contribution in [2.24, 2.45) is 0 Å². The Morgan fingerprint density at radius 2 is 1.92 bits per heavy atom. The molecule has 25 heavy (non-hydrogen) atoms. The van der Waals surface area contributed by atoms with Crippen molar-refractivity contribution >= 4 is 22.2 Å². The van der Waals surface area contributed by atoms with Gasteiger partial charge in [-0.1, -0.05) is 0 Å². The van der Waals surface area contributed by atoms with Crippen molar-refractivity contribution < 1.29 is 31.7 Å². The van der Waals surface area contributed by atoms with Gasteiger partial charge < -0.3 is 14.8 Å². The Morgan fingerprint density at radius 3 is 2.44 bits per heavy atom. The number of rotatable bonds is 7. The molecule has 0 aromatic rings. The second-order valence-corrected chi connectivity index (χ2v) is 8.75. The summed E-state index contributed by atoms with van der Waals surface area (Å²) >= 11 is 0. The third kappa shape index (κ3) is 7.17. The Bertz CT molecular complexity index is 585. The summed E-state index contributed by atoms with van der Waals surface area (Å²) < 4.78 is 37.8. The fourth-order valence-corrected chi connectivity index (χ4v) is 3.04. The lowest BCUT2D eigenvalue weighted by Crippen LogP contribution is -2.57. The van der Waals surface area contributed by atoms with Crippen molar-refractivity contribution in [2.45, 2.75) is 44.8 Å². The number of hydrogen-bond acceptors (Lipinski definition) is 8. The van der Waals surface area contributed by atoms with Gasteiger partial charge in [0.05, 0.1) is 32.1 Å². The van der Waals surface area contributed by atoms with E-state index in [2.05, 4.69) is 10.1 Å².